The van der Waals surface area contributed by atoms with E-state index in [0.29, 0.717) is 12.8 Å². The maximum absolute atomic E-state index is 12.3. The second-order valence-electron chi connectivity index (χ2n) is 6.46. The van der Waals surface area contributed by atoms with Crippen molar-refractivity contribution in [2.24, 2.45) is 0 Å². The Labute approximate surface area is 142 Å². The van der Waals surface area contributed by atoms with Crippen molar-refractivity contribution < 1.29 is 13.0 Å². The average molecular weight is 341 g/mol. The van der Waals surface area contributed by atoms with E-state index in [1.807, 2.05) is 30.3 Å². The van der Waals surface area contributed by atoms with Crippen LogP contribution in [0.15, 0.2) is 30.3 Å². The molecule has 0 fully saturated rings. The van der Waals surface area contributed by atoms with Gasteiger partial charge in [-0.3, -0.25) is 4.55 Å². The van der Waals surface area contributed by atoms with E-state index in [0.717, 1.165) is 56.9 Å². The van der Waals surface area contributed by atoms with Crippen molar-refractivity contribution in [3.63, 3.8) is 0 Å². The summed E-state index contributed by atoms with van der Waals surface area (Å²) in [6.45, 7) is 4.27. The summed E-state index contributed by atoms with van der Waals surface area (Å²) in [5.74, 6) is 0. The Kier molecular flexibility index (Phi) is 8.85. The first-order chi connectivity index (χ1) is 11.0. The minimum absolute atomic E-state index is 0.502. The molecule has 23 heavy (non-hydrogen) atoms. The lowest BCUT2D eigenvalue weighted by atomic mass is 9.87. The number of hydrogen-bond acceptors (Lipinski definition) is 2. The zero-order chi connectivity index (χ0) is 17.2. The first-order valence-corrected chi connectivity index (χ1v) is 10.4. The number of unbranched alkanes of at least 4 members (excludes halogenated alkanes) is 6. The molecule has 0 atom stereocenters. The topological polar surface area (TPSA) is 54.4 Å². The third kappa shape index (κ3) is 5.92. The Balaban J connectivity index is 3.02. The van der Waals surface area contributed by atoms with Gasteiger partial charge in [-0.2, -0.15) is 8.42 Å². The van der Waals surface area contributed by atoms with Crippen LogP contribution in [0, 0.1) is 0 Å². The molecule has 132 valence electrons. The molecule has 0 radical (unpaired) electrons. The van der Waals surface area contributed by atoms with Crippen molar-refractivity contribution in [2.45, 2.75) is 82.8 Å². The van der Waals surface area contributed by atoms with E-state index in [2.05, 4.69) is 13.8 Å². The van der Waals surface area contributed by atoms with Gasteiger partial charge in [0.05, 0.1) is 0 Å². The van der Waals surface area contributed by atoms with Gasteiger partial charge in [-0.1, -0.05) is 95.5 Å². The van der Waals surface area contributed by atoms with Crippen molar-refractivity contribution in [2.75, 3.05) is 0 Å². The zero-order valence-corrected chi connectivity index (χ0v) is 15.4. The van der Waals surface area contributed by atoms with E-state index in [1.54, 1.807) is 0 Å². The van der Waals surface area contributed by atoms with Crippen LogP contribution in [0.5, 0.6) is 0 Å². The predicted octanol–water partition coefficient (Wildman–Crippen LogP) is 5.71. The highest BCUT2D eigenvalue weighted by Crippen LogP contribution is 2.40. The van der Waals surface area contributed by atoms with Gasteiger partial charge in [0, 0.05) is 0 Å². The molecule has 0 spiro atoms. The van der Waals surface area contributed by atoms with Gasteiger partial charge in [0.25, 0.3) is 10.1 Å². The van der Waals surface area contributed by atoms with Gasteiger partial charge in [-0.05, 0) is 18.4 Å². The standard InChI is InChI=1S/C19H32O3S/c1-3-5-7-12-16-19(23(20,21)22,17-13-8-6-4-2)18-14-10-9-11-15-18/h9-11,14-15H,3-8,12-13,16-17H2,1-2H3,(H,20,21,22). The average Bonchev–Trinajstić information content (AvgIpc) is 2.53. The Morgan fingerprint density at radius 3 is 1.70 bits per heavy atom. The van der Waals surface area contributed by atoms with Gasteiger partial charge >= 0.3 is 0 Å². The second-order valence-corrected chi connectivity index (χ2v) is 8.19. The van der Waals surface area contributed by atoms with E-state index >= 15 is 0 Å². The summed E-state index contributed by atoms with van der Waals surface area (Å²) in [5.41, 5.74) is 0.732. The van der Waals surface area contributed by atoms with Crippen LogP contribution in [0.1, 0.15) is 83.6 Å². The van der Waals surface area contributed by atoms with Gasteiger partial charge < -0.3 is 0 Å². The van der Waals surface area contributed by atoms with E-state index in [4.69, 9.17) is 0 Å². The highest BCUT2D eigenvalue weighted by molar-refractivity contribution is 7.86. The summed E-state index contributed by atoms with van der Waals surface area (Å²) >= 11 is 0. The van der Waals surface area contributed by atoms with Gasteiger partial charge in [-0.25, -0.2) is 0 Å². The molecule has 0 saturated heterocycles. The number of rotatable bonds is 12. The molecule has 0 unspecified atom stereocenters. The molecule has 3 nitrogen and oxygen atoms in total. The molecular formula is C19H32O3S. The highest BCUT2D eigenvalue weighted by Gasteiger charge is 2.43. The monoisotopic (exact) mass is 340 g/mol. The maximum Gasteiger partial charge on any atom is 0.274 e. The summed E-state index contributed by atoms with van der Waals surface area (Å²) in [4.78, 5) is 0. The summed E-state index contributed by atoms with van der Waals surface area (Å²) in [5, 5.41) is 0. The second kappa shape index (κ2) is 10.1. The predicted molar refractivity (Wildman–Crippen MR) is 97.2 cm³/mol. The Hall–Kier alpha value is -0.870. The fourth-order valence-electron chi connectivity index (χ4n) is 3.24. The van der Waals surface area contributed by atoms with Crippen LogP contribution in [0.4, 0.5) is 0 Å². The quantitative estimate of drug-likeness (QED) is 0.391. The first kappa shape index (κ1) is 20.2. The molecule has 0 aliphatic rings. The smallest absolute Gasteiger partial charge is 0.274 e. The molecule has 0 bridgehead atoms. The fraction of sp³-hybridized carbons (Fsp3) is 0.684. The zero-order valence-electron chi connectivity index (χ0n) is 14.6. The molecule has 0 aliphatic heterocycles. The van der Waals surface area contributed by atoms with Crippen LogP contribution in [0.3, 0.4) is 0 Å². The van der Waals surface area contributed by atoms with E-state index in [1.165, 1.54) is 0 Å². The summed E-state index contributed by atoms with van der Waals surface area (Å²) in [6.07, 6.45) is 9.11. The van der Waals surface area contributed by atoms with Crippen molar-refractivity contribution in [3.05, 3.63) is 35.9 Å². The fourth-order valence-corrected chi connectivity index (χ4v) is 4.48. The van der Waals surface area contributed by atoms with Crippen LogP contribution < -0.4 is 0 Å². The molecule has 4 heteroatoms. The lowest BCUT2D eigenvalue weighted by Crippen LogP contribution is -2.35. The minimum Gasteiger partial charge on any atom is -0.285 e. The van der Waals surface area contributed by atoms with Crippen LogP contribution >= 0.6 is 0 Å². The lowest BCUT2D eigenvalue weighted by Gasteiger charge is -2.31. The molecule has 1 rings (SSSR count). The lowest BCUT2D eigenvalue weighted by molar-refractivity contribution is 0.375. The normalized spacial score (nSPS) is 12.5. The Morgan fingerprint density at radius 1 is 0.826 bits per heavy atom. The van der Waals surface area contributed by atoms with Crippen molar-refractivity contribution >= 4 is 10.1 Å². The summed E-state index contributed by atoms with van der Waals surface area (Å²) in [7, 11) is -4.15. The largest absolute Gasteiger partial charge is 0.285 e. The molecule has 0 heterocycles. The van der Waals surface area contributed by atoms with E-state index < -0.39 is 14.9 Å². The number of benzene rings is 1. The summed E-state index contributed by atoms with van der Waals surface area (Å²) in [6, 6.07) is 9.27. The van der Waals surface area contributed by atoms with Gasteiger partial charge in [0.1, 0.15) is 4.75 Å². The van der Waals surface area contributed by atoms with E-state index in [-0.39, 0.29) is 0 Å². The van der Waals surface area contributed by atoms with E-state index in [9.17, 15) is 13.0 Å². The maximum atomic E-state index is 12.3. The molecular weight excluding hydrogens is 308 g/mol. The third-order valence-electron chi connectivity index (χ3n) is 4.66. The van der Waals surface area contributed by atoms with Gasteiger partial charge in [-0.15, -0.1) is 0 Å². The molecule has 0 saturated carbocycles. The molecule has 0 aliphatic carbocycles. The molecule has 1 N–H and O–H groups in total. The van der Waals surface area contributed by atoms with Gasteiger partial charge in [0.15, 0.2) is 0 Å². The van der Waals surface area contributed by atoms with Crippen molar-refractivity contribution in [1.29, 1.82) is 0 Å². The summed E-state index contributed by atoms with van der Waals surface area (Å²) < 4.78 is 33.6. The minimum atomic E-state index is -4.15. The Morgan fingerprint density at radius 2 is 1.30 bits per heavy atom. The number of hydrogen-bond donors (Lipinski definition) is 1. The third-order valence-corrected chi connectivity index (χ3v) is 6.29. The van der Waals surface area contributed by atoms with Crippen LogP contribution in [-0.2, 0) is 14.9 Å². The van der Waals surface area contributed by atoms with Crippen molar-refractivity contribution in [1.82, 2.24) is 0 Å². The molecule has 1 aromatic rings. The van der Waals surface area contributed by atoms with Crippen molar-refractivity contribution in [3.8, 4) is 0 Å². The first-order valence-electron chi connectivity index (χ1n) is 9.00. The van der Waals surface area contributed by atoms with Crippen LogP contribution in [0.2, 0.25) is 0 Å². The molecule has 0 amide bonds. The Bertz CT molecular complexity index is 511. The molecule has 0 aromatic heterocycles. The highest BCUT2D eigenvalue weighted by atomic mass is 32.2. The SMILES string of the molecule is CCCCCCC(CCCCCC)(c1ccccc1)S(=O)(=O)O. The van der Waals surface area contributed by atoms with Crippen LogP contribution in [0.25, 0.3) is 0 Å². The molecule has 1 aromatic carbocycles. The van der Waals surface area contributed by atoms with Gasteiger partial charge in [0.2, 0.25) is 0 Å². The van der Waals surface area contributed by atoms with Crippen LogP contribution in [-0.4, -0.2) is 13.0 Å².